The molecule has 0 fully saturated rings. The highest BCUT2D eigenvalue weighted by atomic mass is 16.5. The second-order valence-electron chi connectivity index (χ2n) is 11.0. The molecule has 188 valence electrons. The van der Waals surface area contributed by atoms with Gasteiger partial charge in [-0.05, 0) is 65.4 Å². The van der Waals surface area contributed by atoms with Gasteiger partial charge in [0.15, 0.2) is 0 Å². The molecule has 1 aliphatic heterocycles. The predicted molar refractivity (Wildman–Crippen MR) is 154 cm³/mol. The topological polar surface area (TPSA) is 37.7 Å². The molecular formula is C33H35N3O. The van der Waals surface area contributed by atoms with Gasteiger partial charge in [-0.25, -0.2) is 0 Å². The number of anilines is 1. The zero-order valence-electron chi connectivity index (χ0n) is 22.3. The lowest BCUT2D eigenvalue weighted by atomic mass is 9.87. The van der Waals surface area contributed by atoms with Gasteiger partial charge in [0.2, 0.25) is 0 Å². The number of ether oxygens (including phenoxy) is 1. The van der Waals surface area contributed by atoms with Crippen LogP contribution in [0.15, 0.2) is 102 Å². The van der Waals surface area contributed by atoms with E-state index in [9.17, 15) is 0 Å². The van der Waals surface area contributed by atoms with Crippen LogP contribution in [0.2, 0.25) is 0 Å². The zero-order valence-corrected chi connectivity index (χ0v) is 22.3. The van der Waals surface area contributed by atoms with E-state index in [-0.39, 0.29) is 11.5 Å². The van der Waals surface area contributed by atoms with Crippen LogP contribution < -0.4 is 9.64 Å². The summed E-state index contributed by atoms with van der Waals surface area (Å²) in [5.74, 6) is 3.02. The molecular weight excluding hydrogens is 454 g/mol. The average molecular weight is 490 g/mol. The summed E-state index contributed by atoms with van der Waals surface area (Å²) in [6.07, 6.45) is 1.81. The van der Waals surface area contributed by atoms with Gasteiger partial charge in [-0.15, -0.1) is 0 Å². The Kier molecular flexibility index (Phi) is 6.84. The summed E-state index contributed by atoms with van der Waals surface area (Å²) < 4.78 is 6.31. The molecule has 4 heteroatoms. The lowest BCUT2D eigenvalue weighted by Crippen LogP contribution is -2.31. The van der Waals surface area contributed by atoms with E-state index >= 15 is 0 Å². The van der Waals surface area contributed by atoms with Gasteiger partial charge in [0.1, 0.15) is 17.3 Å². The third-order valence-electron chi connectivity index (χ3n) is 6.85. The van der Waals surface area contributed by atoms with Crippen molar-refractivity contribution in [2.75, 3.05) is 11.4 Å². The highest BCUT2D eigenvalue weighted by molar-refractivity contribution is 6.11. The van der Waals surface area contributed by atoms with E-state index < -0.39 is 0 Å². The Bertz CT molecular complexity index is 1390. The van der Waals surface area contributed by atoms with E-state index in [1.807, 2.05) is 60.8 Å². The zero-order chi connectivity index (χ0) is 26.0. The van der Waals surface area contributed by atoms with Crippen molar-refractivity contribution in [1.29, 1.82) is 0 Å². The summed E-state index contributed by atoms with van der Waals surface area (Å²) >= 11 is 0. The quantitative estimate of drug-likeness (QED) is 0.274. The lowest BCUT2D eigenvalue weighted by Gasteiger charge is -2.24. The molecule has 0 unspecified atom stereocenters. The van der Waals surface area contributed by atoms with Crippen molar-refractivity contribution >= 4 is 11.5 Å². The van der Waals surface area contributed by atoms with Crippen molar-refractivity contribution in [3.8, 4) is 22.8 Å². The standard InChI is InChI=1S/C33H35N3O/c1-23(2)31-22-36(27-17-15-26(16-18-27)33(3,4)5)32(35-31)25-11-9-13-29(21-25)37-28-12-8-10-24(20-28)30-14-6-7-19-34-30/h6-21,23,31H,22H2,1-5H3/t31-/m0/s1. The molecule has 0 amide bonds. The molecule has 0 spiro atoms. The summed E-state index contributed by atoms with van der Waals surface area (Å²) in [6.45, 7) is 12.1. The minimum Gasteiger partial charge on any atom is -0.457 e. The minimum absolute atomic E-state index is 0.125. The maximum Gasteiger partial charge on any atom is 0.135 e. The van der Waals surface area contributed by atoms with Gasteiger partial charge in [0.25, 0.3) is 0 Å². The molecule has 0 bridgehead atoms. The van der Waals surface area contributed by atoms with Gasteiger partial charge in [-0.2, -0.15) is 0 Å². The number of rotatable bonds is 6. The predicted octanol–water partition coefficient (Wildman–Crippen LogP) is 8.13. The Balaban J connectivity index is 1.43. The number of pyridine rings is 1. The average Bonchev–Trinajstić information content (AvgIpc) is 3.35. The third kappa shape index (κ3) is 5.59. The monoisotopic (exact) mass is 489 g/mol. The van der Waals surface area contributed by atoms with E-state index in [4.69, 9.17) is 9.73 Å². The molecule has 1 atom stereocenters. The van der Waals surface area contributed by atoms with Crippen LogP contribution in [0.1, 0.15) is 45.7 Å². The highest BCUT2D eigenvalue weighted by Crippen LogP contribution is 2.32. The number of nitrogens with zero attached hydrogens (tertiary/aromatic N) is 3. The molecule has 37 heavy (non-hydrogen) atoms. The molecule has 4 nitrogen and oxygen atoms in total. The molecule has 4 aromatic rings. The van der Waals surface area contributed by atoms with Gasteiger partial charge in [-0.1, -0.05) is 77.1 Å². The summed E-state index contributed by atoms with van der Waals surface area (Å²) in [4.78, 5) is 12.0. The smallest absolute Gasteiger partial charge is 0.135 e. The molecule has 0 N–H and O–H groups in total. The van der Waals surface area contributed by atoms with Crippen molar-refractivity contribution in [3.63, 3.8) is 0 Å². The Morgan fingerprint density at radius 3 is 2.11 bits per heavy atom. The van der Waals surface area contributed by atoms with Gasteiger partial charge < -0.3 is 9.64 Å². The molecule has 2 heterocycles. The largest absolute Gasteiger partial charge is 0.457 e. The Morgan fingerprint density at radius 2 is 1.49 bits per heavy atom. The van der Waals surface area contributed by atoms with Crippen molar-refractivity contribution in [2.45, 2.75) is 46.1 Å². The fraction of sp³-hybridized carbons (Fsp3) is 0.273. The van der Waals surface area contributed by atoms with Crippen LogP contribution in [0.5, 0.6) is 11.5 Å². The van der Waals surface area contributed by atoms with Crippen LogP contribution in [0.3, 0.4) is 0 Å². The van der Waals surface area contributed by atoms with Gasteiger partial charge >= 0.3 is 0 Å². The normalized spacial score (nSPS) is 15.7. The second kappa shape index (κ2) is 10.2. The minimum atomic E-state index is 0.125. The number of aromatic nitrogens is 1. The van der Waals surface area contributed by atoms with Gasteiger partial charge in [0, 0.05) is 29.6 Å². The Labute approximate surface area is 220 Å². The first-order chi connectivity index (χ1) is 17.8. The molecule has 5 rings (SSSR count). The van der Waals surface area contributed by atoms with E-state index in [2.05, 4.69) is 80.9 Å². The lowest BCUT2D eigenvalue weighted by molar-refractivity contribution is 0.483. The van der Waals surface area contributed by atoms with Gasteiger partial charge in [0.05, 0.1) is 11.7 Å². The summed E-state index contributed by atoms with van der Waals surface area (Å²) in [7, 11) is 0. The molecule has 3 aromatic carbocycles. The third-order valence-corrected chi connectivity index (χ3v) is 6.85. The molecule has 0 saturated heterocycles. The maximum absolute atomic E-state index is 6.31. The summed E-state index contributed by atoms with van der Waals surface area (Å²) in [5, 5.41) is 0. The SMILES string of the molecule is CC(C)[C@@H]1CN(c2ccc(C(C)(C)C)cc2)C(c2cccc(Oc3cccc(-c4ccccn4)c3)c2)=N1. The van der Waals surface area contributed by atoms with Crippen LogP contribution in [-0.2, 0) is 5.41 Å². The summed E-state index contributed by atoms with van der Waals surface area (Å²) in [5.41, 5.74) is 5.64. The van der Waals surface area contributed by atoms with E-state index in [0.717, 1.165) is 40.7 Å². The first-order valence-corrected chi connectivity index (χ1v) is 13.0. The number of hydrogen-bond donors (Lipinski definition) is 0. The van der Waals surface area contributed by atoms with E-state index in [1.165, 1.54) is 11.3 Å². The number of aliphatic imine (C=N–C) groups is 1. The maximum atomic E-state index is 6.31. The van der Waals surface area contributed by atoms with Crippen molar-refractivity contribution < 1.29 is 4.74 Å². The fourth-order valence-electron chi connectivity index (χ4n) is 4.59. The molecule has 1 aromatic heterocycles. The van der Waals surface area contributed by atoms with E-state index in [1.54, 1.807) is 0 Å². The first-order valence-electron chi connectivity index (χ1n) is 13.0. The van der Waals surface area contributed by atoms with E-state index in [0.29, 0.717) is 5.92 Å². The molecule has 0 saturated carbocycles. The van der Waals surface area contributed by atoms with Crippen LogP contribution in [0.25, 0.3) is 11.3 Å². The number of hydrogen-bond acceptors (Lipinski definition) is 4. The molecule has 0 aliphatic carbocycles. The highest BCUT2D eigenvalue weighted by Gasteiger charge is 2.29. The van der Waals surface area contributed by atoms with Crippen LogP contribution in [-0.4, -0.2) is 23.4 Å². The van der Waals surface area contributed by atoms with Gasteiger partial charge in [-0.3, -0.25) is 9.98 Å². The summed E-state index contributed by atoms with van der Waals surface area (Å²) in [6, 6.07) is 31.4. The first kappa shape index (κ1) is 24.8. The van der Waals surface area contributed by atoms with Crippen molar-refractivity contribution in [1.82, 2.24) is 4.98 Å². The molecule has 0 radical (unpaired) electrons. The Hall–Kier alpha value is -3.92. The van der Waals surface area contributed by atoms with Crippen molar-refractivity contribution in [2.24, 2.45) is 10.9 Å². The second-order valence-corrected chi connectivity index (χ2v) is 11.0. The fourth-order valence-corrected chi connectivity index (χ4v) is 4.59. The number of benzene rings is 3. The Morgan fingerprint density at radius 1 is 0.811 bits per heavy atom. The van der Waals surface area contributed by atoms with Crippen LogP contribution >= 0.6 is 0 Å². The number of amidine groups is 1. The van der Waals surface area contributed by atoms with Crippen LogP contribution in [0.4, 0.5) is 5.69 Å². The van der Waals surface area contributed by atoms with Crippen LogP contribution in [0, 0.1) is 5.92 Å². The molecule has 1 aliphatic rings. The van der Waals surface area contributed by atoms with Crippen molar-refractivity contribution in [3.05, 3.63) is 108 Å².